The lowest BCUT2D eigenvalue weighted by Gasteiger charge is -2.15. The van der Waals surface area contributed by atoms with Crippen LogP contribution in [0.5, 0.6) is 0 Å². The van der Waals surface area contributed by atoms with Gasteiger partial charge in [0.15, 0.2) is 11.5 Å². The van der Waals surface area contributed by atoms with Crippen LogP contribution in [0, 0.1) is 0 Å². The molecular formula is C18H17N3O2S. The number of carbonyl (C=O) groups excluding carboxylic acids is 1. The van der Waals surface area contributed by atoms with Crippen LogP contribution >= 0.6 is 11.3 Å². The molecule has 0 aliphatic carbocycles. The van der Waals surface area contributed by atoms with E-state index < -0.39 is 5.97 Å². The Balaban J connectivity index is 1.42. The van der Waals surface area contributed by atoms with Crippen molar-refractivity contribution >= 4 is 33.2 Å². The van der Waals surface area contributed by atoms with Gasteiger partial charge < -0.3 is 9.64 Å². The van der Waals surface area contributed by atoms with Crippen molar-refractivity contribution in [1.82, 2.24) is 10.2 Å². The van der Waals surface area contributed by atoms with Gasteiger partial charge in [-0.2, -0.15) is 0 Å². The number of hydrogen-bond donors (Lipinski definition) is 0. The number of esters is 1. The molecule has 0 amide bonds. The van der Waals surface area contributed by atoms with Crippen LogP contribution in [0.1, 0.15) is 28.9 Å². The van der Waals surface area contributed by atoms with E-state index in [4.69, 9.17) is 4.74 Å². The molecule has 3 aromatic rings. The fraction of sp³-hybridized carbons (Fsp3) is 0.278. The summed E-state index contributed by atoms with van der Waals surface area (Å²) in [5.74, 6) is 0.388. The molecule has 0 unspecified atom stereocenters. The molecule has 1 aromatic carbocycles. The third kappa shape index (κ3) is 2.97. The number of hydrogen-bond acceptors (Lipinski definition) is 6. The van der Waals surface area contributed by atoms with Gasteiger partial charge >= 0.3 is 5.97 Å². The summed E-state index contributed by atoms with van der Waals surface area (Å²) in [6, 6.07) is 11.6. The fourth-order valence-corrected chi connectivity index (χ4v) is 3.86. The number of fused-ring (bicyclic) bond motifs is 1. The Kier molecular flexibility index (Phi) is 4.13. The summed E-state index contributed by atoms with van der Waals surface area (Å²) in [5, 5.41) is 11.3. The van der Waals surface area contributed by atoms with Crippen LogP contribution in [0.3, 0.4) is 0 Å². The minimum Gasteiger partial charge on any atom is -0.456 e. The number of aromatic nitrogens is 2. The van der Waals surface area contributed by atoms with Crippen molar-refractivity contribution in [3.63, 3.8) is 0 Å². The first-order valence-electron chi connectivity index (χ1n) is 8.02. The number of rotatable bonds is 4. The van der Waals surface area contributed by atoms with E-state index in [1.165, 1.54) is 17.5 Å². The Bertz CT molecular complexity index is 854. The monoisotopic (exact) mass is 339 g/mol. The average Bonchev–Trinajstić information content (AvgIpc) is 3.30. The molecule has 6 heteroatoms. The Labute approximate surface area is 143 Å². The van der Waals surface area contributed by atoms with Gasteiger partial charge in [0.05, 0.1) is 0 Å². The second-order valence-electron chi connectivity index (χ2n) is 5.80. The molecular weight excluding hydrogens is 322 g/mol. The molecule has 0 spiro atoms. The molecule has 0 bridgehead atoms. The van der Waals surface area contributed by atoms with E-state index in [2.05, 4.69) is 21.2 Å². The van der Waals surface area contributed by atoms with Crippen molar-refractivity contribution in [2.24, 2.45) is 0 Å². The van der Waals surface area contributed by atoms with E-state index in [-0.39, 0.29) is 12.3 Å². The molecule has 3 heterocycles. The number of thiophene rings is 1. The third-order valence-electron chi connectivity index (χ3n) is 4.21. The van der Waals surface area contributed by atoms with Crippen LogP contribution in [-0.2, 0) is 11.3 Å². The van der Waals surface area contributed by atoms with Crippen molar-refractivity contribution < 1.29 is 9.53 Å². The van der Waals surface area contributed by atoms with Crippen LogP contribution in [0.15, 0.2) is 41.8 Å². The minimum absolute atomic E-state index is 0.248. The van der Waals surface area contributed by atoms with Crippen LogP contribution < -0.4 is 4.90 Å². The molecule has 1 fully saturated rings. The summed E-state index contributed by atoms with van der Waals surface area (Å²) in [4.78, 5) is 14.4. The zero-order chi connectivity index (χ0) is 16.4. The van der Waals surface area contributed by atoms with Crippen molar-refractivity contribution in [2.75, 3.05) is 18.0 Å². The molecule has 5 nitrogen and oxygen atoms in total. The highest BCUT2D eigenvalue weighted by atomic mass is 32.1. The van der Waals surface area contributed by atoms with Crippen molar-refractivity contribution in [3.8, 4) is 0 Å². The normalized spacial score (nSPS) is 14.2. The van der Waals surface area contributed by atoms with E-state index >= 15 is 0 Å². The van der Waals surface area contributed by atoms with Gasteiger partial charge in [-0.1, -0.05) is 18.2 Å². The molecule has 24 heavy (non-hydrogen) atoms. The number of ether oxygens (including phenoxy) is 1. The van der Waals surface area contributed by atoms with Gasteiger partial charge in [-0.25, -0.2) is 4.79 Å². The first-order chi connectivity index (χ1) is 11.8. The fourth-order valence-electron chi connectivity index (χ4n) is 2.91. The summed E-state index contributed by atoms with van der Waals surface area (Å²) in [5.41, 5.74) is 1.27. The van der Waals surface area contributed by atoms with Gasteiger partial charge in [0.1, 0.15) is 6.61 Å². The third-order valence-corrected chi connectivity index (χ3v) is 5.22. The highest BCUT2D eigenvalue weighted by Crippen LogP contribution is 2.26. The number of anilines is 1. The summed E-state index contributed by atoms with van der Waals surface area (Å²) in [7, 11) is 0. The molecule has 0 saturated carbocycles. The summed E-state index contributed by atoms with van der Waals surface area (Å²) in [6.45, 7) is 2.26. The molecule has 0 N–H and O–H groups in total. The standard InChI is InChI=1S/C18H17N3O2S/c22-18(15-7-8-17(20-19-15)21-9-3-4-10-21)23-11-13-12-24-16-6-2-1-5-14(13)16/h1-2,5-8,12H,3-4,9-11H2. The lowest BCUT2D eigenvalue weighted by atomic mass is 10.2. The molecule has 122 valence electrons. The molecule has 0 radical (unpaired) electrons. The molecule has 1 aliphatic heterocycles. The largest absolute Gasteiger partial charge is 0.456 e. The first-order valence-corrected chi connectivity index (χ1v) is 8.90. The van der Waals surface area contributed by atoms with Crippen molar-refractivity contribution in [3.05, 3.63) is 53.0 Å². The second-order valence-corrected chi connectivity index (χ2v) is 6.72. The van der Waals surface area contributed by atoms with Crippen LogP contribution in [0.2, 0.25) is 0 Å². The van der Waals surface area contributed by atoms with Crippen LogP contribution in [0.25, 0.3) is 10.1 Å². The second kappa shape index (κ2) is 6.57. The Morgan fingerprint density at radius 2 is 1.96 bits per heavy atom. The Morgan fingerprint density at radius 1 is 1.12 bits per heavy atom. The van der Waals surface area contributed by atoms with Crippen molar-refractivity contribution in [1.29, 1.82) is 0 Å². The topological polar surface area (TPSA) is 55.3 Å². The van der Waals surface area contributed by atoms with Gasteiger partial charge in [-0.3, -0.25) is 0 Å². The van der Waals surface area contributed by atoms with E-state index in [0.29, 0.717) is 0 Å². The number of carbonyl (C=O) groups is 1. The lowest BCUT2D eigenvalue weighted by molar-refractivity contribution is 0.0466. The van der Waals surface area contributed by atoms with Crippen LogP contribution in [-0.4, -0.2) is 29.3 Å². The minimum atomic E-state index is -0.439. The zero-order valence-electron chi connectivity index (χ0n) is 13.1. The van der Waals surface area contributed by atoms with Crippen molar-refractivity contribution in [2.45, 2.75) is 19.4 Å². The van der Waals surface area contributed by atoms with Gasteiger partial charge in [0.25, 0.3) is 0 Å². The predicted molar refractivity (Wildman–Crippen MR) is 94.4 cm³/mol. The zero-order valence-corrected chi connectivity index (χ0v) is 14.0. The molecule has 1 aliphatic rings. The van der Waals surface area contributed by atoms with Gasteiger partial charge in [0.2, 0.25) is 0 Å². The van der Waals surface area contributed by atoms with Gasteiger partial charge in [-0.05, 0) is 41.8 Å². The molecule has 2 aromatic heterocycles. The smallest absolute Gasteiger partial charge is 0.359 e. The lowest BCUT2D eigenvalue weighted by Crippen LogP contribution is -2.20. The maximum Gasteiger partial charge on any atom is 0.359 e. The average molecular weight is 339 g/mol. The SMILES string of the molecule is O=C(OCc1csc2ccccc12)c1ccc(N2CCCC2)nn1. The summed E-state index contributed by atoms with van der Waals surface area (Å²) >= 11 is 1.65. The van der Waals surface area contributed by atoms with E-state index in [9.17, 15) is 4.79 Å². The number of nitrogens with zero attached hydrogens (tertiary/aromatic N) is 3. The first kappa shape index (κ1) is 15.1. The number of benzene rings is 1. The maximum atomic E-state index is 12.2. The van der Waals surface area contributed by atoms with E-state index in [1.54, 1.807) is 17.4 Å². The Hall–Kier alpha value is -2.47. The Morgan fingerprint density at radius 3 is 2.75 bits per heavy atom. The summed E-state index contributed by atoms with van der Waals surface area (Å²) in [6.07, 6.45) is 2.36. The highest BCUT2D eigenvalue weighted by molar-refractivity contribution is 7.17. The van der Waals surface area contributed by atoms with Gasteiger partial charge in [0, 0.05) is 23.4 Å². The molecule has 4 rings (SSSR count). The predicted octanol–water partition coefficient (Wildman–Crippen LogP) is 3.65. The molecule has 0 atom stereocenters. The van der Waals surface area contributed by atoms with E-state index in [0.717, 1.165) is 29.9 Å². The quantitative estimate of drug-likeness (QED) is 0.679. The van der Waals surface area contributed by atoms with Crippen LogP contribution in [0.4, 0.5) is 5.82 Å². The highest BCUT2D eigenvalue weighted by Gasteiger charge is 2.16. The van der Waals surface area contributed by atoms with Gasteiger partial charge in [-0.15, -0.1) is 21.5 Å². The van der Waals surface area contributed by atoms with E-state index in [1.807, 2.05) is 29.6 Å². The maximum absolute atomic E-state index is 12.2. The molecule has 1 saturated heterocycles. The summed E-state index contributed by atoms with van der Waals surface area (Å²) < 4.78 is 6.59.